The van der Waals surface area contributed by atoms with Crippen molar-refractivity contribution in [1.82, 2.24) is 0 Å². The van der Waals surface area contributed by atoms with Crippen LogP contribution in [0, 0.1) is 0 Å². The van der Waals surface area contributed by atoms with Crippen LogP contribution in [0.3, 0.4) is 0 Å². The minimum absolute atomic E-state index is 0.0599. The summed E-state index contributed by atoms with van der Waals surface area (Å²) in [6.07, 6.45) is -1.33. The Labute approximate surface area is 248 Å². The molecule has 0 spiro atoms. The summed E-state index contributed by atoms with van der Waals surface area (Å²) in [5.74, 6) is -0.351. The highest BCUT2D eigenvalue weighted by atomic mass is 16.6. The molecule has 0 heterocycles. The maximum Gasteiger partial charge on any atom is 0.411 e. The molecule has 7 nitrogen and oxygen atoms in total. The summed E-state index contributed by atoms with van der Waals surface area (Å²) in [6, 6.07) is 36.9. The van der Waals surface area contributed by atoms with Crippen LogP contribution in [0.2, 0.25) is 0 Å². The Bertz CT molecular complexity index is 1780. The molecular formula is C36H28N2O5. The molecule has 2 aliphatic carbocycles. The molecule has 0 atom stereocenters. The molecule has 212 valence electrons. The van der Waals surface area contributed by atoms with Gasteiger partial charge in [-0.3, -0.25) is 10.6 Å². The summed E-state index contributed by atoms with van der Waals surface area (Å²) < 4.78 is 11.2. The van der Waals surface area contributed by atoms with Crippen molar-refractivity contribution >= 4 is 23.6 Å². The predicted octanol–water partition coefficient (Wildman–Crippen LogP) is 8.11. The summed E-state index contributed by atoms with van der Waals surface area (Å²) in [5.41, 5.74) is 9.55. The number of phenolic OH excluding ortho intramolecular Hbond substituents is 1. The Balaban J connectivity index is 0.952. The first-order valence-electron chi connectivity index (χ1n) is 14.1. The van der Waals surface area contributed by atoms with Crippen molar-refractivity contribution in [2.45, 2.75) is 11.8 Å². The second kappa shape index (κ2) is 11.0. The van der Waals surface area contributed by atoms with Gasteiger partial charge >= 0.3 is 12.2 Å². The summed E-state index contributed by atoms with van der Waals surface area (Å²) in [5, 5.41) is 15.8. The number of hydrogen-bond donors (Lipinski definition) is 3. The Morgan fingerprint density at radius 1 is 0.558 bits per heavy atom. The van der Waals surface area contributed by atoms with Crippen LogP contribution in [-0.4, -0.2) is 30.5 Å². The van der Waals surface area contributed by atoms with Crippen molar-refractivity contribution < 1.29 is 24.2 Å². The molecule has 0 unspecified atom stereocenters. The average Bonchev–Trinajstić information content (AvgIpc) is 3.53. The third kappa shape index (κ3) is 4.95. The van der Waals surface area contributed by atoms with Crippen LogP contribution < -0.4 is 10.6 Å². The minimum Gasteiger partial charge on any atom is -0.506 e. The van der Waals surface area contributed by atoms with E-state index in [9.17, 15) is 14.7 Å². The number of rotatable bonds is 6. The Morgan fingerprint density at radius 2 is 0.953 bits per heavy atom. The van der Waals surface area contributed by atoms with Gasteiger partial charge in [0.2, 0.25) is 0 Å². The fourth-order valence-electron chi connectivity index (χ4n) is 6.21. The predicted molar refractivity (Wildman–Crippen MR) is 165 cm³/mol. The molecule has 0 fully saturated rings. The lowest BCUT2D eigenvalue weighted by Crippen LogP contribution is -2.19. The maximum atomic E-state index is 12.7. The van der Waals surface area contributed by atoms with Crippen LogP contribution in [0.15, 0.2) is 115 Å². The molecule has 5 aromatic rings. The Morgan fingerprint density at radius 3 is 1.37 bits per heavy atom. The molecule has 0 radical (unpaired) electrons. The van der Waals surface area contributed by atoms with E-state index in [-0.39, 0.29) is 36.5 Å². The number of phenols is 1. The fraction of sp³-hybridized carbons (Fsp3) is 0.111. The van der Waals surface area contributed by atoms with Gasteiger partial charge in [-0.15, -0.1) is 0 Å². The normalized spacial score (nSPS) is 12.9. The van der Waals surface area contributed by atoms with Crippen molar-refractivity contribution in [3.63, 3.8) is 0 Å². The van der Waals surface area contributed by atoms with Gasteiger partial charge in [0.05, 0.1) is 5.69 Å². The van der Waals surface area contributed by atoms with Gasteiger partial charge in [0, 0.05) is 23.6 Å². The van der Waals surface area contributed by atoms with Crippen molar-refractivity contribution in [2.24, 2.45) is 0 Å². The van der Waals surface area contributed by atoms with Gasteiger partial charge in [0.1, 0.15) is 19.0 Å². The number of amides is 2. The van der Waals surface area contributed by atoms with E-state index in [0.717, 1.165) is 44.5 Å². The molecule has 0 saturated carbocycles. The highest BCUT2D eigenvalue weighted by Gasteiger charge is 2.30. The van der Waals surface area contributed by atoms with E-state index >= 15 is 0 Å². The molecule has 2 amide bonds. The minimum atomic E-state index is -0.686. The van der Waals surface area contributed by atoms with E-state index in [4.69, 9.17) is 9.47 Å². The van der Waals surface area contributed by atoms with Crippen molar-refractivity contribution in [3.8, 4) is 28.0 Å². The lowest BCUT2D eigenvalue weighted by Gasteiger charge is -2.16. The first-order valence-corrected chi connectivity index (χ1v) is 14.1. The number of aromatic hydroxyl groups is 1. The number of benzene rings is 5. The number of carbonyl (C=O) groups is 2. The average molecular weight is 569 g/mol. The van der Waals surface area contributed by atoms with Crippen LogP contribution in [0.1, 0.15) is 34.1 Å². The maximum absolute atomic E-state index is 12.7. The second-order valence-electron chi connectivity index (χ2n) is 10.6. The van der Waals surface area contributed by atoms with E-state index < -0.39 is 12.2 Å². The van der Waals surface area contributed by atoms with Gasteiger partial charge < -0.3 is 14.6 Å². The van der Waals surface area contributed by atoms with Gasteiger partial charge in [-0.1, -0.05) is 97.1 Å². The quantitative estimate of drug-likeness (QED) is 0.180. The van der Waals surface area contributed by atoms with Gasteiger partial charge in [0.15, 0.2) is 0 Å². The molecular weight excluding hydrogens is 540 g/mol. The number of hydrogen-bond acceptors (Lipinski definition) is 5. The summed E-state index contributed by atoms with van der Waals surface area (Å²) in [7, 11) is 0. The van der Waals surface area contributed by atoms with Crippen molar-refractivity contribution in [3.05, 3.63) is 138 Å². The first-order chi connectivity index (χ1) is 21.1. The lowest BCUT2D eigenvalue weighted by atomic mass is 9.98. The van der Waals surface area contributed by atoms with E-state index in [2.05, 4.69) is 59.2 Å². The number of anilines is 2. The van der Waals surface area contributed by atoms with E-state index in [1.807, 2.05) is 48.5 Å². The van der Waals surface area contributed by atoms with Crippen molar-refractivity contribution in [1.29, 1.82) is 0 Å². The highest BCUT2D eigenvalue weighted by molar-refractivity contribution is 5.90. The lowest BCUT2D eigenvalue weighted by molar-refractivity contribution is 0.157. The molecule has 0 aliphatic heterocycles. The standard InChI is InChI=1S/C36H28N2O5/c39-34-19-22(37-35(40)42-20-31-27-13-5-1-9-23(27)24-10-2-6-14-28(24)31)17-18-33(34)38-36(41)43-21-32-29-15-7-3-11-25(29)26-12-4-8-16-30(26)32/h1-19,31-32,39H,20-21H2,(H,37,40)(H,38,41). The zero-order valence-corrected chi connectivity index (χ0v) is 23.1. The smallest absolute Gasteiger partial charge is 0.411 e. The molecule has 7 heteroatoms. The van der Waals surface area contributed by atoms with E-state index in [0.29, 0.717) is 5.69 Å². The first kappa shape index (κ1) is 26.3. The number of fused-ring (bicyclic) bond motifs is 6. The zero-order valence-electron chi connectivity index (χ0n) is 23.1. The molecule has 0 saturated heterocycles. The largest absolute Gasteiger partial charge is 0.506 e. The van der Waals surface area contributed by atoms with Crippen LogP contribution in [0.25, 0.3) is 22.3 Å². The third-order valence-electron chi connectivity index (χ3n) is 8.17. The second-order valence-corrected chi connectivity index (χ2v) is 10.6. The molecule has 3 N–H and O–H groups in total. The van der Waals surface area contributed by atoms with Gasteiger partial charge in [-0.2, -0.15) is 0 Å². The van der Waals surface area contributed by atoms with E-state index in [1.165, 1.54) is 12.1 Å². The molecule has 43 heavy (non-hydrogen) atoms. The van der Waals surface area contributed by atoms with Gasteiger partial charge in [0.25, 0.3) is 0 Å². The monoisotopic (exact) mass is 568 g/mol. The summed E-state index contributed by atoms with van der Waals surface area (Å²) in [6.45, 7) is 0.329. The molecule has 0 bridgehead atoms. The number of ether oxygens (including phenoxy) is 2. The van der Waals surface area contributed by atoms with Crippen LogP contribution in [-0.2, 0) is 9.47 Å². The fourth-order valence-corrected chi connectivity index (χ4v) is 6.21. The van der Waals surface area contributed by atoms with Crippen LogP contribution in [0.4, 0.5) is 21.0 Å². The molecule has 0 aromatic heterocycles. The zero-order chi connectivity index (χ0) is 29.3. The van der Waals surface area contributed by atoms with Crippen molar-refractivity contribution in [2.75, 3.05) is 23.8 Å². The highest BCUT2D eigenvalue weighted by Crippen LogP contribution is 2.45. The van der Waals surface area contributed by atoms with Crippen LogP contribution >= 0.6 is 0 Å². The summed E-state index contributed by atoms with van der Waals surface area (Å²) >= 11 is 0. The molecule has 7 rings (SSSR count). The third-order valence-corrected chi connectivity index (χ3v) is 8.17. The van der Waals surface area contributed by atoms with Gasteiger partial charge in [-0.05, 0) is 56.6 Å². The Kier molecular flexibility index (Phi) is 6.75. The Hall–Kier alpha value is -5.56. The van der Waals surface area contributed by atoms with E-state index in [1.54, 1.807) is 6.07 Å². The number of nitrogens with one attached hydrogen (secondary N) is 2. The van der Waals surface area contributed by atoms with Gasteiger partial charge in [-0.25, -0.2) is 9.59 Å². The molecule has 2 aliphatic rings. The topological polar surface area (TPSA) is 96.9 Å². The SMILES string of the molecule is O=C(Nc1ccc(NC(=O)OCC2c3ccccc3-c3ccccc32)c(O)c1)OCC1c2ccccc2-c2ccccc21. The number of carbonyl (C=O) groups excluding carboxylic acids is 2. The van der Waals surface area contributed by atoms with Crippen LogP contribution in [0.5, 0.6) is 5.75 Å². The molecule has 5 aromatic carbocycles. The summed E-state index contributed by atoms with van der Waals surface area (Å²) in [4.78, 5) is 25.3.